The first-order valence-corrected chi connectivity index (χ1v) is 8.79. The van der Waals surface area contributed by atoms with Crippen LogP contribution in [0, 0.1) is 12.8 Å². The Morgan fingerprint density at radius 2 is 2.20 bits per heavy atom. The predicted octanol–water partition coefficient (Wildman–Crippen LogP) is 2.27. The van der Waals surface area contributed by atoms with Crippen LogP contribution in [-0.2, 0) is 19.6 Å². The van der Waals surface area contributed by atoms with E-state index in [1.165, 1.54) is 11.1 Å². The van der Waals surface area contributed by atoms with Crippen LogP contribution in [-0.4, -0.2) is 32.4 Å². The van der Waals surface area contributed by atoms with Crippen LogP contribution < -0.4 is 10.6 Å². The molecule has 2 aromatic heterocycles. The molecule has 0 amide bonds. The summed E-state index contributed by atoms with van der Waals surface area (Å²) in [5.74, 6) is 1.70. The lowest BCUT2D eigenvalue weighted by atomic mass is 10.1. The number of rotatable bonds is 6. The summed E-state index contributed by atoms with van der Waals surface area (Å²) in [6, 6.07) is 10.8. The standard InChI is InChI=1S/C19H24N6/c1-15-7-19-22-11-18(13-25(19)23-15)10-21-9-16-3-2-4-17(8-16)12-24-6-5-20-14-24/h2-8,14,18,21-22H,9-13H2,1H3/t18-/m0/s1. The number of hydrogen-bond donors (Lipinski definition) is 2. The first kappa shape index (κ1) is 15.9. The number of benzene rings is 1. The third kappa shape index (κ3) is 3.91. The molecule has 25 heavy (non-hydrogen) atoms. The molecule has 0 bridgehead atoms. The van der Waals surface area contributed by atoms with Gasteiger partial charge in [0.1, 0.15) is 5.82 Å². The minimum Gasteiger partial charge on any atom is -0.370 e. The second kappa shape index (κ2) is 7.11. The first-order valence-electron chi connectivity index (χ1n) is 8.79. The molecule has 1 aromatic carbocycles. The third-order valence-corrected chi connectivity index (χ3v) is 4.58. The zero-order valence-electron chi connectivity index (χ0n) is 14.5. The fourth-order valence-electron chi connectivity index (χ4n) is 3.37. The van der Waals surface area contributed by atoms with Crippen molar-refractivity contribution >= 4 is 5.82 Å². The van der Waals surface area contributed by atoms with Crippen LogP contribution in [0.2, 0.25) is 0 Å². The lowest BCUT2D eigenvalue weighted by Crippen LogP contribution is -2.35. The summed E-state index contributed by atoms with van der Waals surface area (Å²) in [5.41, 5.74) is 3.69. The Kier molecular flexibility index (Phi) is 4.52. The van der Waals surface area contributed by atoms with Gasteiger partial charge in [-0.25, -0.2) is 9.67 Å². The topological polar surface area (TPSA) is 59.7 Å². The summed E-state index contributed by atoms with van der Waals surface area (Å²) in [6.45, 7) is 6.75. The monoisotopic (exact) mass is 336 g/mol. The summed E-state index contributed by atoms with van der Waals surface area (Å²) in [5, 5.41) is 11.6. The fraction of sp³-hybridized carbons (Fsp3) is 0.368. The van der Waals surface area contributed by atoms with Crippen LogP contribution in [0.5, 0.6) is 0 Å². The maximum atomic E-state index is 4.53. The number of aromatic nitrogens is 4. The van der Waals surface area contributed by atoms with Crippen molar-refractivity contribution in [3.05, 3.63) is 65.9 Å². The van der Waals surface area contributed by atoms with Gasteiger partial charge in [-0.3, -0.25) is 0 Å². The van der Waals surface area contributed by atoms with E-state index in [0.29, 0.717) is 5.92 Å². The Hall–Kier alpha value is -2.60. The molecule has 0 fully saturated rings. The largest absolute Gasteiger partial charge is 0.370 e. The van der Waals surface area contributed by atoms with Crippen molar-refractivity contribution in [3.63, 3.8) is 0 Å². The smallest absolute Gasteiger partial charge is 0.124 e. The number of nitrogens with zero attached hydrogens (tertiary/aromatic N) is 4. The van der Waals surface area contributed by atoms with Gasteiger partial charge >= 0.3 is 0 Å². The van der Waals surface area contributed by atoms with E-state index in [2.05, 4.69) is 60.3 Å². The Morgan fingerprint density at radius 3 is 3.08 bits per heavy atom. The van der Waals surface area contributed by atoms with Gasteiger partial charge < -0.3 is 15.2 Å². The lowest BCUT2D eigenvalue weighted by Gasteiger charge is -2.25. The van der Waals surface area contributed by atoms with Gasteiger partial charge in [0.25, 0.3) is 0 Å². The quantitative estimate of drug-likeness (QED) is 0.725. The number of anilines is 1. The van der Waals surface area contributed by atoms with Gasteiger partial charge in [0, 0.05) is 57.1 Å². The molecule has 1 aliphatic heterocycles. The van der Waals surface area contributed by atoms with Gasteiger partial charge in [-0.2, -0.15) is 5.10 Å². The molecule has 0 spiro atoms. The van der Waals surface area contributed by atoms with Crippen molar-refractivity contribution < 1.29 is 0 Å². The summed E-state index contributed by atoms with van der Waals surface area (Å²) < 4.78 is 4.17. The maximum absolute atomic E-state index is 4.53. The van der Waals surface area contributed by atoms with E-state index in [9.17, 15) is 0 Å². The summed E-state index contributed by atoms with van der Waals surface area (Å²) >= 11 is 0. The minimum absolute atomic E-state index is 0.556. The highest BCUT2D eigenvalue weighted by molar-refractivity contribution is 5.38. The molecule has 3 aromatic rings. The molecular formula is C19H24N6. The molecule has 130 valence electrons. The van der Waals surface area contributed by atoms with Crippen molar-refractivity contribution in [1.82, 2.24) is 24.6 Å². The van der Waals surface area contributed by atoms with E-state index in [1.807, 2.05) is 25.6 Å². The molecule has 0 aliphatic carbocycles. The average molecular weight is 336 g/mol. The number of fused-ring (bicyclic) bond motifs is 1. The van der Waals surface area contributed by atoms with Crippen LogP contribution in [0.4, 0.5) is 5.82 Å². The van der Waals surface area contributed by atoms with Crippen molar-refractivity contribution in [2.24, 2.45) is 5.92 Å². The summed E-state index contributed by atoms with van der Waals surface area (Å²) in [6.07, 6.45) is 5.66. The maximum Gasteiger partial charge on any atom is 0.124 e. The number of imidazole rings is 1. The van der Waals surface area contributed by atoms with E-state index in [0.717, 1.165) is 44.2 Å². The van der Waals surface area contributed by atoms with E-state index in [-0.39, 0.29) is 0 Å². The Morgan fingerprint density at radius 1 is 1.28 bits per heavy atom. The third-order valence-electron chi connectivity index (χ3n) is 4.58. The summed E-state index contributed by atoms with van der Waals surface area (Å²) in [4.78, 5) is 4.10. The normalized spacial score (nSPS) is 16.4. The highest BCUT2D eigenvalue weighted by atomic mass is 15.3. The molecule has 1 aliphatic rings. The zero-order chi connectivity index (χ0) is 17.1. The van der Waals surface area contributed by atoms with Gasteiger partial charge in [0.2, 0.25) is 0 Å². The molecule has 0 saturated carbocycles. The zero-order valence-corrected chi connectivity index (χ0v) is 14.5. The van der Waals surface area contributed by atoms with Gasteiger partial charge in [-0.05, 0) is 18.1 Å². The van der Waals surface area contributed by atoms with Gasteiger partial charge in [-0.15, -0.1) is 0 Å². The van der Waals surface area contributed by atoms with Crippen molar-refractivity contribution in [1.29, 1.82) is 0 Å². The molecule has 0 saturated heterocycles. The second-order valence-corrected chi connectivity index (χ2v) is 6.79. The molecule has 0 unspecified atom stereocenters. The Bertz CT molecular complexity index is 820. The van der Waals surface area contributed by atoms with Crippen LogP contribution in [0.25, 0.3) is 0 Å². The molecular weight excluding hydrogens is 312 g/mol. The highest BCUT2D eigenvalue weighted by Crippen LogP contribution is 2.18. The lowest BCUT2D eigenvalue weighted by molar-refractivity contribution is 0.390. The Balaban J connectivity index is 1.29. The van der Waals surface area contributed by atoms with Crippen molar-refractivity contribution in [3.8, 4) is 0 Å². The van der Waals surface area contributed by atoms with E-state index < -0.39 is 0 Å². The second-order valence-electron chi connectivity index (χ2n) is 6.79. The molecule has 0 radical (unpaired) electrons. The SMILES string of the molecule is Cc1cc2n(n1)C[C@@H](CNCc1cccc(Cn3ccnc3)c1)CN2. The molecule has 4 rings (SSSR count). The summed E-state index contributed by atoms with van der Waals surface area (Å²) in [7, 11) is 0. The highest BCUT2D eigenvalue weighted by Gasteiger charge is 2.18. The molecule has 2 N–H and O–H groups in total. The molecule has 6 heteroatoms. The van der Waals surface area contributed by atoms with Crippen molar-refractivity contribution in [2.75, 3.05) is 18.4 Å². The first-order chi connectivity index (χ1) is 12.3. The van der Waals surface area contributed by atoms with Gasteiger partial charge in [0.05, 0.1) is 12.0 Å². The van der Waals surface area contributed by atoms with E-state index in [1.54, 1.807) is 0 Å². The van der Waals surface area contributed by atoms with Crippen LogP contribution >= 0.6 is 0 Å². The molecule has 6 nitrogen and oxygen atoms in total. The number of nitrogens with one attached hydrogen (secondary N) is 2. The van der Waals surface area contributed by atoms with E-state index in [4.69, 9.17) is 0 Å². The Labute approximate surface area is 147 Å². The van der Waals surface area contributed by atoms with Crippen molar-refractivity contribution in [2.45, 2.75) is 26.6 Å². The number of aryl methyl sites for hydroxylation is 1. The van der Waals surface area contributed by atoms with Gasteiger partial charge in [-0.1, -0.05) is 24.3 Å². The fourth-order valence-corrected chi connectivity index (χ4v) is 3.37. The molecule has 1 atom stereocenters. The van der Waals surface area contributed by atoms with E-state index >= 15 is 0 Å². The van der Waals surface area contributed by atoms with Gasteiger partial charge in [0.15, 0.2) is 0 Å². The van der Waals surface area contributed by atoms with Crippen LogP contribution in [0.15, 0.2) is 49.1 Å². The number of hydrogen-bond acceptors (Lipinski definition) is 4. The predicted molar refractivity (Wildman–Crippen MR) is 98.4 cm³/mol. The van der Waals surface area contributed by atoms with Crippen LogP contribution in [0.1, 0.15) is 16.8 Å². The minimum atomic E-state index is 0.556. The van der Waals surface area contributed by atoms with Crippen LogP contribution in [0.3, 0.4) is 0 Å². The average Bonchev–Trinajstić information content (AvgIpc) is 3.23. The molecule has 3 heterocycles.